The molecule has 72 heavy (non-hydrogen) atoms. The summed E-state index contributed by atoms with van der Waals surface area (Å²) in [6, 6.07) is 7.43. The summed E-state index contributed by atoms with van der Waals surface area (Å²) < 4.78 is 63.3. The van der Waals surface area contributed by atoms with Gasteiger partial charge < -0.3 is 48.8 Å². The topological polar surface area (TPSA) is 185 Å². The molecule has 0 radical (unpaired) electrons. The Morgan fingerprint density at radius 3 is 2.07 bits per heavy atom. The standard InChI is InChI=1S/C52H73F3N6O11/c1-11-70-36-29-40(61(31-36)44(63)38(56-49(68)71-32-34-18-13-12-14-19-34)25-23-33-22-24-37(52(53,54)55)41(28-33)69-10)46(65)60(9)51(26-17-27-51)48(67)59(8)43(35-20-15-16-21-35)47(66)58(7)39(45(64)57(5)6)30-42(62)72-50(2,3)4/h12-14,18-19,22,24,28,35-36,38-40,43H,11,15-17,20-21,23,25-27,29-32H2,1-10H3,(H,56,68)/t36-,38+,39+,40+,43+/m1/s1. The highest BCUT2D eigenvalue weighted by Gasteiger charge is 2.56. The van der Waals surface area contributed by atoms with E-state index in [1.54, 1.807) is 58.0 Å². The fourth-order valence-electron chi connectivity index (χ4n) is 10.1. The molecule has 2 aromatic rings. The number of amides is 6. The van der Waals surface area contributed by atoms with E-state index in [-0.39, 0.29) is 57.8 Å². The van der Waals surface area contributed by atoms with E-state index in [2.05, 4.69) is 5.32 Å². The quantitative estimate of drug-likeness (QED) is 0.154. The van der Waals surface area contributed by atoms with Crippen LogP contribution in [0.4, 0.5) is 18.0 Å². The normalized spacial score (nSPS) is 19.0. The molecule has 17 nitrogen and oxygen atoms in total. The molecule has 3 aliphatic rings. The van der Waals surface area contributed by atoms with Gasteiger partial charge >= 0.3 is 18.2 Å². The van der Waals surface area contributed by atoms with Gasteiger partial charge in [0.15, 0.2) is 0 Å². The van der Waals surface area contributed by atoms with Gasteiger partial charge in [-0.1, -0.05) is 49.2 Å². The smallest absolute Gasteiger partial charge is 0.419 e. The zero-order valence-corrected chi connectivity index (χ0v) is 43.3. The number of rotatable bonds is 20. The van der Waals surface area contributed by atoms with Gasteiger partial charge in [-0.2, -0.15) is 13.2 Å². The van der Waals surface area contributed by atoms with Crippen molar-refractivity contribution in [2.75, 3.05) is 55.5 Å². The van der Waals surface area contributed by atoms with Crippen molar-refractivity contribution in [2.24, 2.45) is 5.92 Å². The van der Waals surface area contributed by atoms with E-state index in [0.717, 1.165) is 26.0 Å². The fraction of sp³-hybridized carbons (Fsp3) is 0.635. The minimum atomic E-state index is -4.68. The lowest BCUT2D eigenvalue weighted by molar-refractivity contribution is -0.167. The number of hydrogen-bond acceptors (Lipinski definition) is 11. The molecule has 1 saturated heterocycles. The van der Waals surface area contributed by atoms with Crippen LogP contribution in [0, 0.1) is 5.92 Å². The van der Waals surface area contributed by atoms with E-state index in [4.69, 9.17) is 18.9 Å². The molecule has 0 unspecified atom stereocenters. The zero-order valence-electron chi connectivity index (χ0n) is 43.3. The Labute approximate surface area is 420 Å². The Morgan fingerprint density at radius 1 is 0.861 bits per heavy atom. The van der Waals surface area contributed by atoms with Gasteiger partial charge in [-0.05, 0) is 102 Å². The summed E-state index contributed by atoms with van der Waals surface area (Å²) >= 11 is 0. The second-order valence-electron chi connectivity index (χ2n) is 20.3. The highest BCUT2D eigenvalue weighted by molar-refractivity contribution is 5.99. The number of likely N-dealkylation sites (tertiary alicyclic amines) is 1. The number of alkyl halides is 3. The van der Waals surface area contributed by atoms with Crippen molar-refractivity contribution in [2.45, 2.75) is 153 Å². The number of aryl methyl sites for hydroxylation is 1. The molecule has 0 bridgehead atoms. The largest absolute Gasteiger partial charge is 0.496 e. The predicted octanol–water partition coefficient (Wildman–Crippen LogP) is 5.99. The SMILES string of the molecule is CCO[C@@H]1C[C@@H](C(=O)N(C)C2(C(=O)N(C)[C@H](C(=O)N(C)[C@@H](CC(=O)OC(C)(C)C)C(=O)N(C)C)C3CCCC3)CCC2)N(C(=O)[C@H](CCc2ccc(C(F)(F)F)c(OC)c2)NC(=O)OCc2ccccc2)C1. The number of halogens is 3. The number of nitrogens with one attached hydrogen (secondary N) is 1. The molecule has 0 aromatic heterocycles. The number of likely N-dealkylation sites (N-methyl/N-ethyl adjacent to an activating group) is 4. The van der Waals surface area contributed by atoms with E-state index >= 15 is 9.59 Å². The minimum Gasteiger partial charge on any atom is -0.496 e. The molecule has 0 spiro atoms. The highest BCUT2D eigenvalue weighted by atomic mass is 19.4. The third-order valence-corrected chi connectivity index (χ3v) is 14.0. The molecule has 2 aliphatic carbocycles. The van der Waals surface area contributed by atoms with Crippen LogP contribution >= 0.6 is 0 Å². The van der Waals surface area contributed by atoms with Crippen molar-refractivity contribution in [3.05, 3.63) is 65.2 Å². The Balaban J connectivity index is 1.43. The first-order valence-corrected chi connectivity index (χ1v) is 24.7. The Hall–Kier alpha value is -5.92. The second kappa shape index (κ2) is 24.2. The maximum Gasteiger partial charge on any atom is 0.419 e. The van der Waals surface area contributed by atoms with E-state index in [1.807, 2.05) is 0 Å². The summed E-state index contributed by atoms with van der Waals surface area (Å²) in [6.45, 7) is 6.95. The number of carbonyl (C=O) groups is 7. The van der Waals surface area contributed by atoms with Crippen molar-refractivity contribution < 1.29 is 65.7 Å². The highest BCUT2D eigenvalue weighted by Crippen LogP contribution is 2.42. The lowest BCUT2D eigenvalue weighted by Crippen LogP contribution is -2.68. The van der Waals surface area contributed by atoms with Gasteiger partial charge in [-0.15, -0.1) is 0 Å². The van der Waals surface area contributed by atoms with Crippen molar-refractivity contribution in [3.63, 3.8) is 0 Å². The fourth-order valence-corrected chi connectivity index (χ4v) is 10.1. The average Bonchev–Trinajstić information content (AvgIpc) is 4.00. The lowest BCUT2D eigenvalue weighted by atomic mass is 9.73. The molecule has 6 amide bonds. The molecule has 5 rings (SSSR count). The van der Waals surface area contributed by atoms with Gasteiger partial charge in [0.2, 0.25) is 29.5 Å². The third kappa shape index (κ3) is 13.8. The van der Waals surface area contributed by atoms with Crippen LogP contribution in [-0.2, 0) is 62.2 Å². The van der Waals surface area contributed by atoms with Crippen molar-refractivity contribution in [1.29, 1.82) is 0 Å². The molecular formula is C52H73F3N6O11. The van der Waals surface area contributed by atoms with E-state index in [1.165, 1.54) is 71.9 Å². The molecule has 3 fully saturated rings. The molecule has 20 heteroatoms. The lowest BCUT2D eigenvalue weighted by Gasteiger charge is -2.51. The molecular weight excluding hydrogens is 942 g/mol. The number of esters is 1. The molecule has 1 aliphatic heterocycles. The first-order valence-electron chi connectivity index (χ1n) is 24.7. The maximum absolute atomic E-state index is 15.2. The number of alkyl carbamates (subject to hydrolysis) is 1. The summed E-state index contributed by atoms with van der Waals surface area (Å²) in [5.41, 5.74) is -2.18. The van der Waals surface area contributed by atoms with Gasteiger partial charge in [0.1, 0.15) is 47.7 Å². The summed E-state index contributed by atoms with van der Waals surface area (Å²) in [5, 5.41) is 2.64. The summed E-state index contributed by atoms with van der Waals surface area (Å²) in [6.07, 6.45) is -2.73. The van der Waals surface area contributed by atoms with Gasteiger partial charge in [-0.25, -0.2) is 4.79 Å². The summed E-state index contributed by atoms with van der Waals surface area (Å²) in [4.78, 5) is 107. The molecule has 5 atom stereocenters. The van der Waals surface area contributed by atoms with Crippen LogP contribution in [0.3, 0.4) is 0 Å². The van der Waals surface area contributed by atoms with Crippen molar-refractivity contribution in [1.82, 2.24) is 29.8 Å². The number of nitrogens with zero attached hydrogens (tertiary/aromatic N) is 5. The monoisotopic (exact) mass is 1010 g/mol. The van der Waals surface area contributed by atoms with Crippen LogP contribution in [0.25, 0.3) is 0 Å². The average molecular weight is 1020 g/mol. The molecule has 2 saturated carbocycles. The molecule has 1 N–H and O–H groups in total. The summed E-state index contributed by atoms with van der Waals surface area (Å²) in [7, 11) is 8.64. The first kappa shape index (κ1) is 57.0. The van der Waals surface area contributed by atoms with Gasteiger partial charge in [0.05, 0.1) is 25.2 Å². The van der Waals surface area contributed by atoms with Crippen LogP contribution in [-0.4, -0.2) is 163 Å². The van der Waals surface area contributed by atoms with E-state index in [0.29, 0.717) is 30.4 Å². The number of carbonyl (C=O) groups excluding carboxylic acids is 7. The van der Waals surface area contributed by atoms with Gasteiger partial charge in [0.25, 0.3) is 0 Å². The Kier molecular flexibility index (Phi) is 19.2. The van der Waals surface area contributed by atoms with Crippen molar-refractivity contribution >= 4 is 41.6 Å². The second-order valence-corrected chi connectivity index (χ2v) is 20.3. The number of methoxy groups -OCH3 is 1. The Morgan fingerprint density at radius 2 is 1.51 bits per heavy atom. The zero-order chi connectivity index (χ0) is 53.3. The van der Waals surface area contributed by atoms with Crippen LogP contribution in [0.2, 0.25) is 0 Å². The maximum atomic E-state index is 15.2. The number of ether oxygens (including phenoxy) is 4. The Bertz CT molecular complexity index is 2250. The minimum absolute atomic E-state index is 0.0101. The molecule has 2 aromatic carbocycles. The summed E-state index contributed by atoms with van der Waals surface area (Å²) in [5.74, 6) is -4.14. The van der Waals surface area contributed by atoms with E-state index in [9.17, 15) is 37.1 Å². The number of benzene rings is 2. The van der Waals surface area contributed by atoms with E-state index < -0.39 is 107 Å². The molecule has 398 valence electrons. The van der Waals surface area contributed by atoms with Crippen molar-refractivity contribution in [3.8, 4) is 5.75 Å². The predicted molar refractivity (Wildman–Crippen MR) is 259 cm³/mol. The van der Waals surface area contributed by atoms with Gasteiger partial charge in [0, 0.05) is 54.8 Å². The third-order valence-electron chi connectivity index (χ3n) is 14.0. The number of hydrogen-bond donors (Lipinski definition) is 1. The van der Waals surface area contributed by atoms with Crippen LogP contribution in [0.15, 0.2) is 48.5 Å². The van der Waals surface area contributed by atoms with Crippen LogP contribution in [0.5, 0.6) is 5.75 Å². The molecule has 1 heterocycles. The first-order chi connectivity index (χ1) is 33.8. The van der Waals surface area contributed by atoms with Crippen LogP contribution < -0.4 is 10.1 Å². The van der Waals surface area contributed by atoms with Gasteiger partial charge in [-0.3, -0.25) is 28.8 Å². The van der Waals surface area contributed by atoms with Crippen LogP contribution in [0.1, 0.15) is 109 Å².